The van der Waals surface area contributed by atoms with E-state index in [4.69, 9.17) is 0 Å². The van der Waals surface area contributed by atoms with E-state index in [1.807, 2.05) is 6.92 Å². The number of Topliss-reactive ketones (excluding diaryl/α,β-unsaturated/α-hetero) is 1. The van der Waals surface area contributed by atoms with Gasteiger partial charge in [0, 0.05) is 11.8 Å². The molecule has 0 heterocycles. The molecule has 0 amide bonds. The van der Waals surface area contributed by atoms with Crippen LogP contribution in [0.25, 0.3) is 0 Å². The molecule has 0 unspecified atom stereocenters. The lowest BCUT2D eigenvalue weighted by Gasteiger charge is -2.63. The summed E-state index contributed by atoms with van der Waals surface area (Å²) in [5, 5.41) is 0. The zero-order chi connectivity index (χ0) is 23.5. The molecule has 7 atom stereocenters. The van der Waals surface area contributed by atoms with Gasteiger partial charge in [-0.2, -0.15) is 0 Å². The third-order valence-electron chi connectivity index (χ3n) is 11.6. The van der Waals surface area contributed by atoms with E-state index in [1.54, 1.807) is 5.57 Å². The highest BCUT2D eigenvalue weighted by Gasteiger charge is 2.65. The van der Waals surface area contributed by atoms with E-state index in [1.165, 1.54) is 32.1 Å². The summed E-state index contributed by atoms with van der Waals surface area (Å²) in [6, 6.07) is 0. The predicted molar refractivity (Wildman–Crippen MR) is 132 cm³/mol. The van der Waals surface area contributed by atoms with Crippen molar-refractivity contribution in [3.8, 4) is 0 Å². The number of allylic oxidation sites excluding steroid dienone is 4. The molecular weight excluding hydrogens is 392 g/mol. The zero-order valence-electron chi connectivity index (χ0n) is 21.7. The second-order valence-corrected chi connectivity index (χ2v) is 13.2. The molecule has 2 heteroatoms. The maximum absolute atomic E-state index is 12.8. The smallest absolute Gasteiger partial charge is 0.145 e. The first-order chi connectivity index (χ1) is 14.9. The van der Waals surface area contributed by atoms with Crippen LogP contribution in [0.15, 0.2) is 23.3 Å². The molecule has 0 aromatic heterocycles. The Kier molecular flexibility index (Phi) is 5.95. The molecule has 2 nitrogen and oxygen atoms in total. The maximum atomic E-state index is 12.8. The standard InChI is InChI=1S/C30H46O2/c1-20(19-31)9-8-10-21(2)22-13-17-30(7)24-11-12-25-27(3,4)26(32)15-16-28(25,5)23(24)14-18-29(22,30)6/h9,11,19,21-23,25H,8,10,12-18H2,1-7H3/b20-9-/t21-,22-,23-,25-,28+,29-,30+/m0/s1. The number of carbonyl (C=O) groups is 2. The molecule has 32 heavy (non-hydrogen) atoms. The Morgan fingerprint density at radius 1 is 1.12 bits per heavy atom. The minimum atomic E-state index is -0.184. The summed E-state index contributed by atoms with van der Waals surface area (Å²) in [5.41, 5.74) is 3.37. The summed E-state index contributed by atoms with van der Waals surface area (Å²) in [6.45, 7) is 16.5. The number of carbonyl (C=O) groups excluding carboxylic acids is 2. The van der Waals surface area contributed by atoms with Gasteiger partial charge in [0.2, 0.25) is 0 Å². The van der Waals surface area contributed by atoms with Gasteiger partial charge in [-0.15, -0.1) is 0 Å². The number of aldehydes is 1. The van der Waals surface area contributed by atoms with E-state index in [2.05, 4.69) is 53.7 Å². The Hall–Kier alpha value is -1.18. The molecule has 0 aliphatic heterocycles. The third kappa shape index (κ3) is 3.25. The van der Waals surface area contributed by atoms with Gasteiger partial charge in [0.25, 0.3) is 0 Å². The van der Waals surface area contributed by atoms with Gasteiger partial charge in [0.1, 0.15) is 12.1 Å². The number of rotatable bonds is 5. The molecule has 0 spiro atoms. The lowest BCUT2D eigenvalue weighted by atomic mass is 9.41. The minimum absolute atomic E-state index is 0.184. The van der Waals surface area contributed by atoms with E-state index >= 15 is 0 Å². The SMILES string of the molecule is C/C(C=O)=C/CC[C@H](C)[C@@H]1CC[C@]2(C)C3=CC[C@H]4C(C)(C)C(=O)CC[C@]4(C)[C@H]3CC[C@@]12C. The Morgan fingerprint density at radius 2 is 1.84 bits per heavy atom. The molecule has 3 fully saturated rings. The fourth-order valence-electron chi connectivity index (χ4n) is 9.29. The summed E-state index contributed by atoms with van der Waals surface area (Å²) in [6.07, 6.45) is 16.1. The van der Waals surface area contributed by atoms with Gasteiger partial charge in [0.15, 0.2) is 0 Å². The number of fused-ring (bicyclic) bond motifs is 5. The fraction of sp³-hybridized carbons (Fsp3) is 0.800. The van der Waals surface area contributed by atoms with Crippen molar-refractivity contribution in [2.45, 2.75) is 106 Å². The van der Waals surface area contributed by atoms with Crippen LogP contribution in [0.4, 0.5) is 0 Å². The average Bonchev–Trinajstić information content (AvgIpc) is 3.02. The Morgan fingerprint density at radius 3 is 2.53 bits per heavy atom. The first-order valence-corrected chi connectivity index (χ1v) is 13.3. The van der Waals surface area contributed by atoms with Crippen molar-refractivity contribution in [1.82, 2.24) is 0 Å². The van der Waals surface area contributed by atoms with Gasteiger partial charge < -0.3 is 0 Å². The Balaban J connectivity index is 1.61. The van der Waals surface area contributed by atoms with E-state index < -0.39 is 0 Å². The molecular formula is C30H46O2. The quantitative estimate of drug-likeness (QED) is 0.250. The van der Waals surface area contributed by atoms with Crippen LogP contribution in [0, 0.1) is 45.3 Å². The average molecular weight is 439 g/mol. The van der Waals surface area contributed by atoms with E-state index in [-0.39, 0.29) is 10.8 Å². The molecule has 4 rings (SSSR count). The van der Waals surface area contributed by atoms with E-state index in [0.717, 1.165) is 43.5 Å². The highest BCUT2D eigenvalue weighted by Crippen LogP contribution is 2.73. The molecule has 0 N–H and O–H groups in total. The second kappa shape index (κ2) is 7.95. The first-order valence-electron chi connectivity index (χ1n) is 13.3. The molecule has 0 aromatic carbocycles. The molecule has 0 bridgehead atoms. The molecule has 0 saturated heterocycles. The van der Waals surface area contributed by atoms with Gasteiger partial charge in [-0.3, -0.25) is 9.59 Å². The van der Waals surface area contributed by atoms with Gasteiger partial charge in [-0.25, -0.2) is 0 Å². The number of ketones is 1. The van der Waals surface area contributed by atoms with Crippen molar-refractivity contribution in [1.29, 1.82) is 0 Å². The van der Waals surface area contributed by atoms with Crippen LogP contribution in [-0.4, -0.2) is 12.1 Å². The zero-order valence-corrected chi connectivity index (χ0v) is 21.7. The van der Waals surface area contributed by atoms with Crippen LogP contribution in [0.1, 0.15) is 106 Å². The fourth-order valence-corrected chi connectivity index (χ4v) is 9.29. The summed E-state index contributed by atoms with van der Waals surface area (Å²) < 4.78 is 0. The van der Waals surface area contributed by atoms with Crippen LogP contribution in [-0.2, 0) is 9.59 Å². The van der Waals surface area contributed by atoms with Crippen molar-refractivity contribution in [3.63, 3.8) is 0 Å². The lowest BCUT2D eigenvalue weighted by molar-refractivity contribution is -0.146. The highest BCUT2D eigenvalue weighted by atomic mass is 16.1. The first kappa shape index (κ1) is 24.0. The second-order valence-electron chi connectivity index (χ2n) is 13.2. The topological polar surface area (TPSA) is 34.1 Å². The number of hydrogen-bond acceptors (Lipinski definition) is 2. The largest absolute Gasteiger partial charge is 0.299 e. The van der Waals surface area contributed by atoms with Crippen LogP contribution < -0.4 is 0 Å². The van der Waals surface area contributed by atoms with Gasteiger partial charge in [-0.1, -0.05) is 59.3 Å². The van der Waals surface area contributed by atoms with Crippen molar-refractivity contribution < 1.29 is 9.59 Å². The Labute approximate surface area is 196 Å². The van der Waals surface area contributed by atoms with Gasteiger partial charge in [-0.05, 0) is 104 Å². The Bertz CT molecular complexity index is 847. The normalized spacial score (nSPS) is 44.2. The van der Waals surface area contributed by atoms with Gasteiger partial charge >= 0.3 is 0 Å². The summed E-state index contributed by atoms with van der Waals surface area (Å²) in [4.78, 5) is 23.7. The molecule has 178 valence electrons. The van der Waals surface area contributed by atoms with Crippen molar-refractivity contribution >= 4 is 12.1 Å². The maximum Gasteiger partial charge on any atom is 0.145 e. The molecule has 0 aromatic rings. The minimum Gasteiger partial charge on any atom is -0.299 e. The van der Waals surface area contributed by atoms with Crippen LogP contribution >= 0.6 is 0 Å². The van der Waals surface area contributed by atoms with Crippen molar-refractivity contribution in [2.75, 3.05) is 0 Å². The lowest BCUT2D eigenvalue weighted by Crippen LogP contribution is -2.57. The van der Waals surface area contributed by atoms with Crippen LogP contribution in [0.5, 0.6) is 0 Å². The summed E-state index contributed by atoms with van der Waals surface area (Å²) in [5.74, 6) is 3.07. The molecule has 4 aliphatic rings. The summed E-state index contributed by atoms with van der Waals surface area (Å²) in [7, 11) is 0. The van der Waals surface area contributed by atoms with E-state index in [0.29, 0.717) is 34.4 Å². The predicted octanol–water partition coefficient (Wildman–Crippen LogP) is 7.72. The summed E-state index contributed by atoms with van der Waals surface area (Å²) >= 11 is 0. The molecule has 3 saturated carbocycles. The van der Waals surface area contributed by atoms with E-state index in [9.17, 15) is 9.59 Å². The third-order valence-corrected chi connectivity index (χ3v) is 11.6. The molecule has 4 aliphatic carbocycles. The highest BCUT2D eigenvalue weighted by molar-refractivity contribution is 5.85. The molecule has 0 radical (unpaired) electrons. The van der Waals surface area contributed by atoms with Crippen molar-refractivity contribution in [2.24, 2.45) is 45.3 Å². The van der Waals surface area contributed by atoms with Gasteiger partial charge in [0.05, 0.1) is 0 Å². The van der Waals surface area contributed by atoms with Crippen LogP contribution in [0.2, 0.25) is 0 Å². The number of hydrogen-bond donors (Lipinski definition) is 0. The monoisotopic (exact) mass is 438 g/mol. The van der Waals surface area contributed by atoms with Crippen LogP contribution in [0.3, 0.4) is 0 Å². The van der Waals surface area contributed by atoms with Crippen molar-refractivity contribution in [3.05, 3.63) is 23.3 Å².